The van der Waals surface area contributed by atoms with Gasteiger partial charge in [0.15, 0.2) is 0 Å². The van der Waals surface area contributed by atoms with Gasteiger partial charge in [0.2, 0.25) is 0 Å². The lowest BCUT2D eigenvalue weighted by Crippen LogP contribution is -2.28. The maximum absolute atomic E-state index is 10.2. The number of aliphatic hydroxyl groups excluding tert-OH is 3. The number of carboxylic acid groups (broad SMARTS) is 1. The van der Waals surface area contributed by atoms with Gasteiger partial charge in [0.05, 0.1) is 6.10 Å². The van der Waals surface area contributed by atoms with Crippen LogP contribution >= 0.6 is 0 Å². The predicted octanol–water partition coefficient (Wildman–Crippen LogP) is -1.52. The van der Waals surface area contributed by atoms with Gasteiger partial charge in [-0.3, -0.25) is 0 Å². The van der Waals surface area contributed by atoms with E-state index in [4.69, 9.17) is 20.4 Å². The number of aliphatic carboxylic acids is 1. The van der Waals surface area contributed by atoms with E-state index in [-0.39, 0.29) is 12.0 Å². The monoisotopic (exact) mass is 174 g/mol. The summed E-state index contributed by atoms with van der Waals surface area (Å²) in [4.78, 5) is 10.2. The molecule has 1 rings (SSSR count). The van der Waals surface area contributed by atoms with Crippen LogP contribution in [0.25, 0.3) is 0 Å². The van der Waals surface area contributed by atoms with E-state index in [1.54, 1.807) is 0 Å². The predicted molar refractivity (Wildman–Crippen MR) is 38.4 cm³/mol. The van der Waals surface area contributed by atoms with E-state index in [1.807, 2.05) is 0 Å². The van der Waals surface area contributed by atoms with Gasteiger partial charge in [0, 0.05) is 12.5 Å². The van der Waals surface area contributed by atoms with Crippen molar-refractivity contribution in [3.05, 3.63) is 11.6 Å². The molecule has 12 heavy (non-hydrogen) atoms. The minimum Gasteiger partial charge on any atom is -0.478 e. The molecular weight excluding hydrogens is 164 g/mol. The fourth-order valence-electron chi connectivity index (χ4n) is 1.22. The number of carboxylic acids is 1. The Kier molecular flexibility index (Phi) is 2.46. The molecule has 0 unspecified atom stereocenters. The standard InChI is InChI=1S/C7H10O5/c8-4-1-3(2-5(9)10)6(11)7(4)12/h2,4,6-8,11-12H,1H2,(H,9,10)/b3-2+/t4-,6-,7+/m1/s1. The Morgan fingerprint density at radius 1 is 1.42 bits per heavy atom. The average molecular weight is 174 g/mol. The highest BCUT2D eigenvalue weighted by Crippen LogP contribution is 2.25. The minimum atomic E-state index is -1.27. The maximum Gasteiger partial charge on any atom is 0.328 e. The third kappa shape index (κ3) is 1.63. The molecule has 0 aromatic carbocycles. The van der Waals surface area contributed by atoms with Crippen LogP contribution in [0, 0.1) is 0 Å². The van der Waals surface area contributed by atoms with Gasteiger partial charge in [-0.15, -0.1) is 0 Å². The first-order valence-electron chi connectivity index (χ1n) is 3.50. The average Bonchev–Trinajstić information content (AvgIpc) is 2.17. The number of aliphatic hydroxyl groups is 3. The zero-order valence-corrected chi connectivity index (χ0v) is 6.21. The molecule has 0 aliphatic heterocycles. The zero-order chi connectivity index (χ0) is 9.30. The fraction of sp³-hybridized carbons (Fsp3) is 0.571. The summed E-state index contributed by atoms with van der Waals surface area (Å²) in [6.07, 6.45) is -2.77. The summed E-state index contributed by atoms with van der Waals surface area (Å²) in [5.41, 5.74) is 0.155. The van der Waals surface area contributed by atoms with Gasteiger partial charge in [-0.1, -0.05) is 0 Å². The molecule has 4 N–H and O–H groups in total. The van der Waals surface area contributed by atoms with Crippen molar-refractivity contribution in [2.24, 2.45) is 0 Å². The Morgan fingerprint density at radius 2 is 2.00 bits per heavy atom. The summed E-state index contributed by atoms with van der Waals surface area (Å²) in [6.45, 7) is 0. The van der Waals surface area contributed by atoms with Gasteiger partial charge in [0.25, 0.3) is 0 Å². The molecule has 0 saturated heterocycles. The molecule has 1 fully saturated rings. The summed E-state index contributed by atoms with van der Waals surface area (Å²) in [5.74, 6) is -1.19. The Balaban J connectivity index is 2.77. The van der Waals surface area contributed by atoms with Crippen molar-refractivity contribution >= 4 is 5.97 Å². The van der Waals surface area contributed by atoms with Crippen molar-refractivity contribution in [2.45, 2.75) is 24.7 Å². The van der Waals surface area contributed by atoms with Crippen LogP contribution < -0.4 is 0 Å². The smallest absolute Gasteiger partial charge is 0.328 e. The number of rotatable bonds is 1. The molecule has 3 atom stereocenters. The first-order valence-corrected chi connectivity index (χ1v) is 3.50. The largest absolute Gasteiger partial charge is 0.478 e. The molecule has 0 amide bonds. The van der Waals surface area contributed by atoms with Crippen LogP contribution in [0.4, 0.5) is 0 Å². The number of carbonyl (C=O) groups is 1. The second kappa shape index (κ2) is 3.22. The first-order chi connectivity index (χ1) is 5.52. The van der Waals surface area contributed by atoms with E-state index in [9.17, 15) is 4.79 Å². The molecule has 5 nitrogen and oxygen atoms in total. The Bertz CT molecular complexity index is 222. The van der Waals surface area contributed by atoms with E-state index in [2.05, 4.69) is 0 Å². The van der Waals surface area contributed by atoms with Gasteiger partial charge < -0.3 is 20.4 Å². The highest BCUT2D eigenvalue weighted by Gasteiger charge is 2.36. The molecule has 0 aromatic heterocycles. The van der Waals surface area contributed by atoms with Crippen LogP contribution in [-0.2, 0) is 4.79 Å². The molecular formula is C7H10O5. The van der Waals surface area contributed by atoms with Crippen LogP contribution in [0.3, 0.4) is 0 Å². The van der Waals surface area contributed by atoms with Gasteiger partial charge in [-0.25, -0.2) is 4.79 Å². The Labute approximate surface area is 68.6 Å². The third-order valence-electron chi connectivity index (χ3n) is 1.85. The highest BCUT2D eigenvalue weighted by molar-refractivity contribution is 5.81. The fourth-order valence-corrected chi connectivity index (χ4v) is 1.22. The van der Waals surface area contributed by atoms with E-state index in [0.29, 0.717) is 0 Å². The first kappa shape index (κ1) is 9.18. The molecule has 1 aliphatic carbocycles. The van der Waals surface area contributed by atoms with E-state index in [0.717, 1.165) is 6.08 Å². The molecule has 0 bridgehead atoms. The molecule has 0 aromatic rings. The normalized spacial score (nSPS) is 38.9. The third-order valence-corrected chi connectivity index (χ3v) is 1.85. The number of hydrogen-bond donors (Lipinski definition) is 4. The van der Waals surface area contributed by atoms with E-state index >= 15 is 0 Å². The quantitative estimate of drug-likeness (QED) is 0.362. The topological polar surface area (TPSA) is 98.0 Å². The summed E-state index contributed by atoms with van der Waals surface area (Å²) in [6, 6.07) is 0. The van der Waals surface area contributed by atoms with Crippen LogP contribution in [0.5, 0.6) is 0 Å². The van der Waals surface area contributed by atoms with Crippen molar-refractivity contribution < 1.29 is 25.2 Å². The highest BCUT2D eigenvalue weighted by atomic mass is 16.4. The van der Waals surface area contributed by atoms with Crippen molar-refractivity contribution in [2.75, 3.05) is 0 Å². The SMILES string of the molecule is O=C(O)/C=C1\C[C@@H](O)[C@H](O)[C@@H]1O. The van der Waals surface area contributed by atoms with Crippen molar-refractivity contribution in [3.8, 4) is 0 Å². The van der Waals surface area contributed by atoms with Gasteiger partial charge in [-0.05, 0) is 5.57 Å². The van der Waals surface area contributed by atoms with Crippen molar-refractivity contribution in [1.29, 1.82) is 0 Å². The van der Waals surface area contributed by atoms with E-state index < -0.39 is 24.3 Å². The van der Waals surface area contributed by atoms with Crippen LogP contribution in [0.15, 0.2) is 11.6 Å². The van der Waals surface area contributed by atoms with Gasteiger partial charge in [0.1, 0.15) is 12.2 Å². The second-order valence-corrected chi connectivity index (χ2v) is 2.76. The maximum atomic E-state index is 10.2. The lowest BCUT2D eigenvalue weighted by Gasteiger charge is -2.09. The molecule has 0 heterocycles. The van der Waals surface area contributed by atoms with Gasteiger partial charge in [-0.2, -0.15) is 0 Å². The Morgan fingerprint density at radius 3 is 2.33 bits per heavy atom. The van der Waals surface area contributed by atoms with Crippen molar-refractivity contribution in [1.82, 2.24) is 0 Å². The molecule has 1 saturated carbocycles. The lowest BCUT2D eigenvalue weighted by molar-refractivity contribution is -0.131. The zero-order valence-electron chi connectivity index (χ0n) is 6.21. The second-order valence-electron chi connectivity index (χ2n) is 2.76. The van der Waals surface area contributed by atoms with Gasteiger partial charge >= 0.3 is 5.97 Å². The number of hydrogen-bond acceptors (Lipinski definition) is 4. The molecule has 0 spiro atoms. The summed E-state index contributed by atoms with van der Waals surface area (Å²) >= 11 is 0. The van der Waals surface area contributed by atoms with E-state index in [1.165, 1.54) is 0 Å². The lowest BCUT2D eigenvalue weighted by atomic mass is 10.2. The Hall–Kier alpha value is -0.910. The molecule has 0 radical (unpaired) electrons. The van der Waals surface area contributed by atoms with Crippen LogP contribution in [0.1, 0.15) is 6.42 Å². The van der Waals surface area contributed by atoms with Crippen LogP contribution in [-0.4, -0.2) is 44.7 Å². The summed E-state index contributed by atoms with van der Waals surface area (Å²) < 4.78 is 0. The summed E-state index contributed by atoms with van der Waals surface area (Å²) in [5, 5.41) is 35.5. The molecule has 5 heteroatoms. The minimum absolute atomic E-state index is 0.00856. The van der Waals surface area contributed by atoms with Crippen LogP contribution in [0.2, 0.25) is 0 Å². The molecule has 68 valence electrons. The van der Waals surface area contributed by atoms with Crippen molar-refractivity contribution in [3.63, 3.8) is 0 Å². The summed E-state index contributed by atoms with van der Waals surface area (Å²) in [7, 11) is 0. The molecule has 1 aliphatic rings.